The highest BCUT2D eigenvalue weighted by atomic mass is 32.2. The quantitative estimate of drug-likeness (QED) is 0.839. The van der Waals surface area contributed by atoms with Gasteiger partial charge in [0.1, 0.15) is 5.82 Å². The van der Waals surface area contributed by atoms with E-state index < -0.39 is 0 Å². The summed E-state index contributed by atoms with van der Waals surface area (Å²) in [5, 5.41) is 11.7. The summed E-state index contributed by atoms with van der Waals surface area (Å²) >= 11 is 1.51. The van der Waals surface area contributed by atoms with Gasteiger partial charge in [-0.3, -0.25) is 5.10 Å². The van der Waals surface area contributed by atoms with E-state index in [1.165, 1.54) is 11.8 Å². The Kier molecular flexibility index (Phi) is 4.00. The van der Waals surface area contributed by atoms with E-state index in [2.05, 4.69) is 25.3 Å². The summed E-state index contributed by atoms with van der Waals surface area (Å²) in [5.74, 6) is 2.52. The Balaban J connectivity index is 2.04. The van der Waals surface area contributed by atoms with Gasteiger partial charge in [0, 0.05) is 12.3 Å². The molecule has 98 valence electrons. The van der Waals surface area contributed by atoms with Gasteiger partial charge in [-0.25, -0.2) is 4.98 Å². The fraction of sp³-hybridized carbons (Fsp3) is 0.636. The molecule has 0 amide bonds. The number of H-pyrrole nitrogens is 1. The molecule has 1 unspecified atom stereocenters. The van der Waals surface area contributed by atoms with Crippen molar-refractivity contribution in [1.29, 1.82) is 0 Å². The van der Waals surface area contributed by atoms with Crippen molar-refractivity contribution in [2.75, 3.05) is 0 Å². The van der Waals surface area contributed by atoms with Gasteiger partial charge in [-0.15, -0.1) is 5.10 Å². The Hall–Kier alpha value is -1.37. The minimum Gasteiger partial charge on any atom is -0.338 e. The number of nitrogens with one attached hydrogen (secondary N) is 1. The predicted molar refractivity (Wildman–Crippen MR) is 68.4 cm³/mol. The minimum absolute atomic E-state index is 0.0468. The maximum absolute atomic E-state index is 5.25. The van der Waals surface area contributed by atoms with Crippen LogP contribution >= 0.6 is 11.8 Å². The van der Waals surface area contributed by atoms with Crippen LogP contribution in [0.1, 0.15) is 56.4 Å². The number of nitrogens with zero attached hydrogens (tertiary/aromatic N) is 4. The molecular formula is C11H17N5OS. The zero-order valence-corrected chi connectivity index (χ0v) is 11.8. The van der Waals surface area contributed by atoms with Gasteiger partial charge in [0.15, 0.2) is 5.82 Å². The van der Waals surface area contributed by atoms with Gasteiger partial charge in [-0.05, 0) is 6.92 Å². The summed E-state index contributed by atoms with van der Waals surface area (Å²) in [5.41, 5.74) is 0. The van der Waals surface area contributed by atoms with Crippen molar-refractivity contribution < 1.29 is 4.52 Å². The SMILES string of the molecule is CCc1nc(SC(C)c2nc(C(C)C)no2)n[nH]1. The van der Waals surface area contributed by atoms with Crippen molar-refractivity contribution in [3.8, 4) is 0 Å². The molecule has 2 aromatic heterocycles. The number of hydrogen-bond acceptors (Lipinski definition) is 6. The Morgan fingerprint density at radius 1 is 1.28 bits per heavy atom. The second-order valence-corrected chi connectivity index (χ2v) is 5.63. The largest absolute Gasteiger partial charge is 0.338 e. The molecule has 2 rings (SSSR count). The van der Waals surface area contributed by atoms with Crippen LogP contribution in [-0.4, -0.2) is 25.3 Å². The first kappa shape index (κ1) is 13.1. The van der Waals surface area contributed by atoms with E-state index in [0.29, 0.717) is 11.0 Å². The Bertz CT molecular complexity index is 507. The van der Waals surface area contributed by atoms with E-state index in [4.69, 9.17) is 4.52 Å². The first-order valence-electron chi connectivity index (χ1n) is 6.01. The smallest absolute Gasteiger partial charge is 0.239 e. The fourth-order valence-corrected chi connectivity index (χ4v) is 2.12. The zero-order chi connectivity index (χ0) is 13.1. The van der Waals surface area contributed by atoms with E-state index >= 15 is 0 Å². The lowest BCUT2D eigenvalue weighted by atomic mass is 10.2. The standard InChI is InChI=1S/C11H17N5OS/c1-5-8-12-11(15-14-8)18-7(4)10-13-9(6(2)3)16-17-10/h6-7H,5H2,1-4H3,(H,12,14,15). The maximum Gasteiger partial charge on any atom is 0.239 e. The van der Waals surface area contributed by atoms with Crippen LogP contribution in [0, 0.1) is 0 Å². The normalized spacial score (nSPS) is 13.2. The average molecular weight is 267 g/mol. The topological polar surface area (TPSA) is 80.5 Å². The summed E-state index contributed by atoms with van der Waals surface area (Å²) in [7, 11) is 0. The van der Waals surface area contributed by atoms with Gasteiger partial charge < -0.3 is 4.52 Å². The number of thioether (sulfide) groups is 1. The summed E-state index contributed by atoms with van der Waals surface area (Å²) in [6.07, 6.45) is 0.847. The van der Waals surface area contributed by atoms with Crippen molar-refractivity contribution in [2.45, 2.75) is 50.4 Å². The molecule has 0 aromatic carbocycles. The molecule has 0 aliphatic carbocycles. The van der Waals surface area contributed by atoms with Crippen LogP contribution in [-0.2, 0) is 6.42 Å². The van der Waals surface area contributed by atoms with Crippen molar-refractivity contribution in [2.24, 2.45) is 0 Å². The first-order valence-corrected chi connectivity index (χ1v) is 6.89. The lowest BCUT2D eigenvalue weighted by Gasteiger charge is -2.01. The van der Waals surface area contributed by atoms with Crippen LogP contribution in [0.5, 0.6) is 0 Å². The minimum atomic E-state index is 0.0468. The number of aryl methyl sites for hydroxylation is 1. The molecule has 0 spiro atoms. The van der Waals surface area contributed by atoms with Crippen LogP contribution in [0.15, 0.2) is 9.68 Å². The van der Waals surface area contributed by atoms with Gasteiger partial charge in [-0.2, -0.15) is 4.98 Å². The molecule has 0 aliphatic rings. The lowest BCUT2D eigenvalue weighted by molar-refractivity contribution is 0.373. The molecule has 18 heavy (non-hydrogen) atoms. The molecule has 0 saturated carbocycles. The van der Waals surface area contributed by atoms with E-state index in [1.807, 2.05) is 27.7 Å². The molecule has 1 atom stereocenters. The third-order valence-corrected chi connectivity index (χ3v) is 3.40. The summed E-state index contributed by atoms with van der Waals surface area (Å²) in [6.45, 7) is 8.11. The molecule has 1 N–H and O–H groups in total. The van der Waals surface area contributed by atoms with Crippen molar-refractivity contribution in [3.05, 3.63) is 17.5 Å². The number of aromatic amines is 1. The second kappa shape index (κ2) is 5.51. The molecule has 2 aromatic rings. The highest BCUT2D eigenvalue weighted by Gasteiger charge is 2.18. The van der Waals surface area contributed by atoms with E-state index in [-0.39, 0.29) is 11.2 Å². The number of aromatic nitrogens is 5. The number of rotatable bonds is 5. The maximum atomic E-state index is 5.25. The molecule has 7 heteroatoms. The van der Waals surface area contributed by atoms with Gasteiger partial charge in [0.05, 0.1) is 5.25 Å². The molecular weight excluding hydrogens is 250 g/mol. The first-order chi connectivity index (χ1) is 8.60. The highest BCUT2D eigenvalue weighted by Crippen LogP contribution is 2.32. The van der Waals surface area contributed by atoms with Gasteiger partial charge in [0.2, 0.25) is 11.0 Å². The zero-order valence-electron chi connectivity index (χ0n) is 11.0. The summed E-state index contributed by atoms with van der Waals surface area (Å²) in [4.78, 5) is 8.71. The second-order valence-electron chi connectivity index (χ2n) is 4.32. The van der Waals surface area contributed by atoms with Crippen LogP contribution in [0.3, 0.4) is 0 Å². The predicted octanol–water partition coefficient (Wildman–Crippen LogP) is 2.73. The van der Waals surface area contributed by atoms with Crippen molar-refractivity contribution in [3.63, 3.8) is 0 Å². The third kappa shape index (κ3) is 2.90. The Morgan fingerprint density at radius 3 is 2.61 bits per heavy atom. The third-order valence-electron chi connectivity index (χ3n) is 2.45. The van der Waals surface area contributed by atoms with Crippen molar-refractivity contribution >= 4 is 11.8 Å². The number of hydrogen-bond donors (Lipinski definition) is 1. The molecule has 0 aliphatic heterocycles. The van der Waals surface area contributed by atoms with Crippen LogP contribution < -0.4 is 0 Å². The lowest BCUT2D eigenvalue weighted by Crippen LogP contribution is -1.93. The van der Waals surface area contributed by atoms with E-state index in [9.17, 15) is 0 Å². The molecule has 0 saturated heterocycles. The Morgan fingerprint density at radius 2 is 2.06 bits per heavy atom. The van der Waals surface area contributed by atoms with Crippen LogP contribution in [0.2, 0.25) is 0 Å². The molecule has 0 fully saturated rings. The monoisotopic (exact) mass is 267 g/mol. The van der Waals surface area contributed by atoms with Crippen LogP contribution in [0.25, 0.3) is 0 Å². The Labute approximate surface area is 110 Å². The summed E-state index contributed by atoms with van der Waals surface area (Å²) < 4.78 is 5.25. The molecule has 0 radical (unpaired) electrons. The average Bonchev–Trinajstić information content (AvgIpc) is 2.97. The fourth-order valence-electron chi connectivity index (χ4n) is 1.34. The highest BCUT2D eigenvalue weighted by molar-refractivity contribution is 7.99. The molecule has 0 bridgehead atoms. The van der Waals surface area contributed by atoms with Crippen LogP contribution in [0.4, 0.5) is 0 Å². The van der Waals surface area contributed by atoms with Gasteiger partial charge in [-0.1, -0.05) is 37.7 Å². The van der Waals surface area contributed by atoms with E-state index in [1.54, 1.807) is 0 Å². The van der Waals surface area contributed by atoms with Gasteiger partial charge >= 0.3 is 0 Å². The van der Waals surface area contributed by atoms with Crippen molar-refractivity contribution in [1.82, 2.24) is 25.3 Å². The molecule has 6 nitrogen and oxygen atoms in total. The molecule has 2 heterocycles. The van der Waals surface area contributed by atoms with E-state index in [0.717, 1.165) is 18.1 Å². The van der Waals surface area contributed by atoms with Gasteiger partial charge in [0.25, 0.3) is 0 Å². The summed E-state index contributed by atoms with van der Waals surface area (Å²) in [6, 6.07) is 0.